The fourth-order valence-corrected chi connectivity index (χ4v) is 3.17. The van der Waals surface area contributed by atoms with Crippen molar-refractivity contribution in [2.45, 2.75) is 16.7 Å². The first-order valence-electron chi connectivity index (χ1n) is 7.68. The molecule has 5 heteroatoms. The smallest absolute Gasteiger partial charge is 0.219 e. The van der Waals surface area contributed by atoms with E-state index in [2.05, 4.69) is 13.2 Å². The van der Waals surface area contributed by atoms with Crippen LogP contribution >= 0.6 is 23.5 Å². The van der Waals surface area contributed by atoms with Crippen molar-refractivity contribution in [2.24, 2.45) is 0 Å². The highest BCUT2D eigenvalue weighted by Gasteiger charge is 2.06. The van der Waals surface area contributed by atoms with Gasteiger partial charge in [0.05, 0.1) is 0 Å². The van der Waals surface area contributed by atoms with Gasteiger partial charge in [-0.25, -0.2) is 4.39 Å². The van der Waals surface area contributed by atoms with Crippen LogP contribution in [0.15, 0.2) is 77.1 Å². The molecule has 0 fully saturated rings. The minimum absolute atomic E-state index is 0.0664. The Morgan fingerprint density at radius 2 is 1.65 bits per heavy atom. The van der Waals surface area contributed by atoms with E-state index in [1.807, 2.05) is 24.3 Å². The lowest BCUT2D eigenvalue weighted by molar-refractivity contribution is -0.108. The summed E-state index contributed by atoms with van der Waals surface area (Å²) < 4.78 is 14.1. The Hall–Kier alpha value is -2.37. The number of thioether (sulfide) groups is 2. The first-order valence-corrected chi connectivity index (χ1v) is 9.32. The van der Waals surface area contributed by atoms with Crippen LogP contribution < -0.4 is 0 Å². The maximum Gasteiger partial charge on any atom is 0.219 e. The van der Waals surface area contributed by atoms with Crippen molar-refractivity contribution in [3.63, 3.8) is 0 Å². The van der Waals surface area contributed by atoms with Crippen molar-refractivity contribution in [2.75, 3.05) is 0 Å². The Labute approximate surface area is 160 Å². The molecule has 0 heterocycles. The molecule has 0 amide bonds. The average Bonchev–Trinajstić information content (AvgIpc) is 2.62. The van der Waals surface area contributed by atoms with Crippen LogP contribution in [0.1, 0.15) is 18.1 Å². The van der Waals surface area contributed by atoms with Crippen molar-refractivity contribution in [1.29, 1.82) is 0 Å². The predicted octanol–water partition coefficient (Wildman–Crippen LogP) is 6.00. The van der Waals surface area contributed by atoms with Crippen LogP contribution in [0.2, 0.25) is 0 Å². The van der Waals surface area contributed by atoms with Crippen molar-refractivity contribution in [3.05, 3.63) is 84.2 Å². The summed E-state index contributed by atoms with van der Waals surface area (Å²) in [6, 6.07) is 12.0. The SMILES string of the molecule is C=CC(=O)Sc1ccc(C=Cc2ccc(SC(=O)C(=C)C)cc2)c(F)c1. The van der Waals surface area contributed by atoms with Gasteiger partial charge in [0.25, 0.3) is 0 Å². The first kappa shape index (κ1) is 19.9. The molecule has 0 saturated carbocycles. The third-order valence-electron chi connectivity index (χ3n) is 3.25. The monoisotopic (exact) mass is 384 g/mol. The van der Waals surface area contributed by atoms with Gasteiger partial charge in [-0.3, -0.25) is 9.59 Å². The highest BCUT2D eigenvalue weighted by Crippen LogP contribution is 2.24. The molecule has 2 rings (SSSR count). The highest BCUT2D eigenvalue weighted by molar-refractivity contribution is 8.14. The van der Waals surface area contributed by atoms with E-state index in [-0.39, 0.29) is 10.2 Å². The Morgan fingerprint density at radius 1 is 1.00 bits per heavy atom. The summed E-state index contributed by atoms with van der Waals surface area (Å²) in [5, 5.41) is -0.293. The lowest BCUT2D eigenvalue weighted by atomic mass is 10.1. The van der Waals surface area contributed by atoms with Crippen LogP contribution in [0.25, 0.3) is 12.2 Å². The lowest BCUT2D eigenvalue weighted by Gasteiger charge is -2.02. The van der Waals surface area contributed by atoms with Crippen LogP contribution in [-0.4, -0.2) is 10.2 Å². The minimum Gasteiger partial charge on any atom is -0.282 e. The van der Waals surface area contributed by atoms with Gasteiger partial charge in [-0.2, -0.15) is 0 Å². The molecule has 0 spiro atoms. The summed E-state index contributed by atoms with van der Waals surface area (Å²) in [5.74, 6) is -0.401. The quantitative estimate of drug-likeness (QED) is 0.348. The average molecular weight is 384 g/mol. The van der Waals surface area contributed by atoms with E-state index in [0.29, 0.717) is 16.0 Å². The molecule has 132 valence electrons. The van der Waals surface area contributed by atoms with Crippen molar-refractivity contribution < 1.29 is 14.0 Å². The van der Waals surface area contributed by atoms with Crippen LogP contribution in [0, 0.1) is 5.82 Å². The zero-order chi connectivity index (χ0) is 19.1. The molecule has 0 bridgehead atoms. The van der Waals surface area contributed by atoms with Crippen LogP contribution in [0.3, 0.4) is 0 Å². The second kappa shape index (κ2) is 9.36. The first-order chi connectivity index (χ1) is 12.4. The fourth-order valence-electron chi connectivity index (χ4n) is 1.89. The molecule has 0 unspecified atom stereocenters. The van der Waals surface area contributed by atoms with E-state index >= 15 is 0 Å². The molecule has 2 nitrogen and oxygen atoms in total. The van der Waals surface area contributed by atoms with Gasteiger partial charge in [-0.05, 0) is 71.9 Å². The maximum atomic E-state index is 14.1. The molecule has 0 atom stereocenters. The zero-order valence-electron chi connectivity index (χ0n) is 14.2. The summed E-state index contributed by atoms with van der Waals surface area (Å²) in [5.41, 5.74) is 1.82. The zero-order valence-corrected chi connectivity index (χ0v) is 15.8. The van der Waals surface area contributed by atoms with Gasteiger partial charge in [-0.1, -0.05) is 43.5 Å². The van der Waals surface area contributed by atoms with Gasteiger partial charge in [0, 0.05) is 15.4 Å². The summed E-state index contributed by atoms with van der Waals surface area (Å²) in [6.07, 6.45) is 4.65. The second-order valence-electron chi connectivity index (χ2n) is 5.38. The number of carbonyl (C=O) groups excluding carboxylic acids is 2. The van der Waals surface area contributed by atoms with E-state index in [1.54, 1.807) is 31.2 Å². The summed E-state index contributed by atoms with van der Waals surface area (Å²) in [4.78, 5) is 24.3. The van der Waals surface area contributed by atoms with E-state index in [4.69, 9.17) is 0 Å². The third kappa shape index (κ3) is 5.86. The molecule has 0 aromatic heterocycles. The molecule has 0 saturated heterocycles. The van der Waals surface area contributed by atoms with Crippen LogP contribution in [-0.2, 0) is 9.59 Å². The Kier molecular flexibility index (Phi) is 7.18. The lowest BCUT2D eigenvalue weighted by Crippen LogP contribution is -1.90. The summed E-state index contributed by atoms with van der Waals surface area (Å²) >= 11 is 2.06. The third-order valence-corrected chi connectivity index (χ3v) is 5.15. The van der Waals surface area contributed by atoms with Crippen molar-refractivity contribution in [3.8, 4) is 0 Å². The topological polar surface area (TPSA) is 34.1 Å². The highest BCUT2D eigenvalue weighted by atomic mass is 32.2. The molecule has 0 aliphatic rings. The van der Waals surface area contributed by atoms with Crippen molar-refractivity contribution >= 4 is 45.9 Å². The maximum absolute atomic E-state index is 14.1. The molecule has 2 aromatic rings. The van der Waals surface area contributed by atoms with Gasteiger partial charge in [-0.15, -0.1) is 0 Å². The van der Waals surface area contributed by atoms with E-state index in [0.717, 1.165) is 34.0 Å². The van der Waals surface area contributed by atoms with E-state index in [9.17, 15) is 14.0 Å². The molecular formula is C21H17FO2S2. The molecule has 2 aromatic carbocycles. The number of hydrogen-bond donors (Lipinski definition) is 0. The Morgan fingerprint density at radius 3 is 2.23 bits per heavy atom. The Bertz CT molecular complexity index is 883. The normalized spacial score (nSPS) is 10.7. The molecule has 0 aliphatic heterocycles. The standard InChI is InChI=1S/C21H17FO2S2/c1-4-20(23)25-18-12-9-16(19(22)13-18)8-5-15-6-10-17(11-7-15)26-21(24)14(2)3/h4-13H,1-2H2,3H3. The summed E-state index contributed by atoms with van der Waals surface area (Å²) in [6.45, 7) is 8.69. The minimum atomic E-state index is -0.401. The number of hydrogen-bond acceptors (Lipinski definition) is 4. The van der Waals surface area contributed by atoms with Gasteiger partial charge in [0.15, 0.2) is 0 Å². The predicted molar refractivity (Wildman–Crippen MR) is 109 cm³/mol. The number of halogens is 1. The van der Waals surface area contributed by atoms with Gasteiger partial charge < -0.3 is 0 Å². The summed E-state index contributed by atoms with van der Waals surface area (Å²) in [7, 11) is 0. The van der Waals surface area contributed by atoms with Gasteiger partial charge in [0.1, 0.15) is 5.82 Å². The molecular weight excluding hydrogens is 367 g/mol. The number of rotatable bonds is 6. The Balaban J connectivity index is 2.07. The molecule has 26 heavy (non-hydrogen) atoms. The van der Waals surface area contributed by atoms with Crippen LogP contribution in [0.4, 0.5) is 4.39 Å². The number of carbonyl (C=O) groups is 2. The molecule has 0 aliphatic carbocycles. The van der Waals surface area contributed by atoms with Crippen molar-refractivity contribution in [1.82, 2.24) is 0 Å². The van der Waals surface area contributed by atoms with E-state index < -0.39 is 5.82 Å². The van der Waals surface area contributed by atoms with E-state index in [1.165, 1.54) is 12.1 Å². The van der Waals surface area contributed by atoms with Gasteiger partial charge in [0.2, 0.25) is 10.2 Å². The number of benzene rings is 2. The van der Waals surface area contributed by atoms with Crippen LogP contribution in [0.5, 0.6) is 0 Å². The molecule has 0 radical (unpaired) electrons. The molecule has 0 N–H and O–H groups in total. The second-order valence-corrected chi connectivity index (χ2v) is 7.50. The fraction of sp³-hybridized carbons (Fsp3) is 0.0476. The largest absolute Gasteiger partial charge is 0.282 e. The van der Waals surface area contributed by atoms with Gasteiger partial charge >= 0.3 is 0 Å².